The monoisotopic (exact) mass is 333 g/mol. The van der Waals surface area contributed by atoms with Crippen LogP contribution in [0.3, 0.4) is 0 Å². The number of ether oxygens (including phenoxy) is 1. The second kappa shape index (κ2) is 7.54. The fourth-order valence-electron chi connectivity index (χ4n) is 2.57. The van der Waals surface area contributed by atoms with Gasteiger partial charge in [0.25, 0.3) is 0 Å². The van der Waals surface area contributed by atoms with Gasteiger partial charge in [0.2, 0.25) is 0 Å². The molecule has 1 aliphatic heterocycles. The van der Waals surface area contributed by atoms with Gasteiger partial charge in [0.05, 0.1) is 13.2 Å². The van der Waals surface area contributed by atoms with Gasteiger partial charge < -0.3 is 10.1 Å². The third kappa shape index (κ3) is 3.98. The van der Waals surface area contributed by atoms with Crippen LogP contribution in [0.4, 0.5) is 4.79 Å². The van der Waals surface area contributed by atoms with Crippen LogP contribution >= 0.6 is 0 Å². The Morgan fingerprint density at radius 2 is 2.17 bits per heavy atom. The van der Waals surface area contributed by atoms with Crippen molar-refractivity contribution in [2.45, 2.75) is 26.3 Å². The summed E-state index contributed by atoms with van der Waals surface area (Å²) in [5.41, 5.74) is 0. The summed E-state index contributed by atoms with van der Waals surface area (Å²) in [6, 6.07) is 1.59. The van der Waals surface area contributed by atoms with Crippen molar-refractivity contribution in [3.63, 3.8) is 0 Å². The van der Waals surface area contributed by atoms with Crippen molar-refractivity contribution in [2.24, 2.45) is 0 Å². The zero-order chi connectivity index (χ0) is 16.9. The number of rotatable bonds is 5. The van der Waals surface area contributed by atoms with Gasteiger partial charge >= 0.3 is 6.03 Å². The predicted molar refractivity (Wildman–Crippen MR) is 87.2 cm³/mol. The zero-order valence-corrected chi connectivity index (χ0v) is 14.1. The summed E-state index contributed by atoms with van der Waals surface area (Å²) in [5, 5.41) is 15.3. The van der Waals surface area contributed by atoms with Gasteiger partial charge in [-0.25, -0.2) is 4.79 Å². The van der Waals surface area contributed by atoms with Crippen molar-refractivity contribution in [2.75, 3.05) is 32.8 Å². The SMILES string of the molecule is CC(C)NC(=O)n1ccc(-n2cnnc2CCN2CCOCC2)n1. The van der Waals surface area contributed by atoms with E-state index in [1.54, 1.807) is 18.6 Å². The van der Waals surface area contributed by atoms with E-state index < -0.39 is 0 Å². The van der Waals surface area contributed by atoms with Crippen molar-refractivity contribution in [1.29, 1.82) is 0 Å². The predicted octanol–water partition coefficient (Wildman–Crippen LogP) is 0.305. The molecule has 1 aliphatic rings. The highest BCUT2D eigenvalue weighted by atomic mass is 16.5. The lowest BCUT2D eigenvalue weighted by Crippen LogP contribution is -2.37. The van der Waals surface area contributed by atoms with Gasteiger partial charge in [0.1, 0.15) is 12.2 Å². The number of hydrogen-bond donors (Lipinski definition) is 1. The first-order valence-corrected chi connectivity index (χ1v) is 8.19. The van der Waals surface area contributed by atoms with Gasteiger partial charge in [-0.15, -0.1) is 15.3 Å². The summed E-state index contributed by atoms with van der Waals surface area (Å²) < 4.78 is 8.47. The largest absolute Gasteiger partial charge is 0.379 e. The number of aromatic nitrogens is 5. The molecule has 1 saturated heterocycles. The first kappa shape index (κ1) is 16.6. The summed E-state index contributed by atoms with van der Waals surface area (Å²) in [6.45, 7) is 8.16. The lowest BCUT2D eigenvalue weighted by atomic mass is 10.3. The van der Waals surface area contributed by atoms with Crippen LogP contribution in [0.25, 0.3) is 5.82 Å². The number of hydrogen-bond acceptors (Lipinski definition) is 6. The number of amides is 1. The molecule has 0 spiro atoms. The third-order valence-corrected chi connectivity index (χ3v) is 3.82. The van der Waals surface area contributed by atoms with Crippen LogP contribution in [0.1, 0.15) is 19.7 Å². The minimum absolute atomic E-state index is 0.0594. The van der Waals surface area contributed by atoms with Gasteiger partial charge in [-0.2, -0.15) is 4.68 Å². The lowest BCUT2D eigenvalue weighted by molar-refractivity contribution is 0.0382. The number of nitrogens with zero attached hydrogens (tertiary/aromatic N) is 6. The molecule has 9 heteroatoms. The normalized spacial score (nSPS) is 15.8. The quantitative estimate of drug-likeness (QED) is 0.847. The van der Waals surface area contributed by atoms with E-state index in [1.165, 1.54) is 4.68 Å². The molecule has 0 aromatic carbocycles. The van der Waals surface area contributed by atoms with E-state index >= 15 is 0 Å². The molecule has 1 amide bonds. The summed E-state index contributed by atoms with van der Waals surface area (Å²) in [4.78, 5) is 14.3. The molecule has 0 aliphatic carbocycles. The second-order valence-corrected chi connectivity index (χ2v) is 6.04. The fraction of sp³-hybridized carbons (Fsp3) is 0.600. The number of morpholine rings is 1. The fourth-order valence-corrected chi connectivity index (χ4v) is 2.57. The third-order valence-electron chi connectivity index (χ3n) is 3.82. The van der Waals surface area contributed by atoms with Crippen molar-refractivity contribution >= 4 is 6.03 Å². The molecule has 0 saturated carbocycles. The maximum atomic E-state index is 12.0. The van der Waals surface area contributed by atoms with Crippen LogP contribution in [-0.4, -0.2) is 74.4 Å². The molecule has 24 heavy (non-hydrogen) atoms. The van der Waals surface area contributed by atoms with Crippen molar-refractivity contribution in [1.82, 2.24) is 34.8 Å². The number of carbonyl (C=O) groups is 1. The van der Waals surface area contributed by atoms with Crippen LogP contribution in [0, 0.1) is 0 Å². The van der Waals surface area contributed by atoms with Crippen molar-refractivity contribution < 1.29 is 9.53 Å². The standard InChI is InChI=1S/C15H23N7O2/c1-12(2)17-15(23)22-6-4-14(19-22)21-11-16-18-13(21)3-5-20-7-9-24-10-8-20/h4,6,11-12H,3,5,7-10H2,1-2H3,(H,17,23). The number of nitrogens with one attached hydrogen (secondary N) is 1. The molecule has 0 radical (unpaired) electrons. The first-order chi connectivity index (χ1) is 11.6. The summed E-state index contributed by atoms with van der Waals surface area (Å²) >= 11 is 0. The molecule has 0 atom stereocenters. The molecule has 1 N–H and O–H groups in total. The van der Waals surface area contributed by atoms with Crippen LogP contribution < -0.4 is 5.32 Å². The molecular formula is C15H23N7O2. The van der Waals surface area contributed by atoms with E-state index in [0.717, 1.165) is 45.1 Å². The smallest absolute Gasteiger partial charge is 0.342 e. The molecule has 2 aromatic heterocycles. The van der Waals surface area contributed by atoms with Gasteiger partial charge in [0.15, 0.2) is 5.82 Å². The average Bonchev–Trinajstić information content (AvgIpc) is 3.22. The molecule has 3 rings (SSSR count). The average molecular weight is 333 g/mol. The van der Waals surface area contributed by atoms with E-state index in [2.05, 4.69) is 25.5 Å². The maximum Gasteiger partial charge on any atom is 0.342 e. The summed E-state index contributed by atoms with van der Waals surface area (Å²) in [5.74, 6) is 1.46. The highest BCUT2D eigenvalue weighted by Gasteiger charge is 2.15. The highest BCUT2D eigenvalue weighted by molar-refractivity contribution is 5.76. The maximum absolute atomic E-state index is 12.0. The van der Waals surface area contributed by atoms with Crippen LogP contribution in [0.5, 0.6) is 0 Å². The van der Waals surface area contributed by atoms with Crippen LogP contribution in [0.2, 0.25) is 0 Å². The minimum Gasteiger partial charge on any atom is -0.379 e. The van der Waals surface area contributed by atoms with Crippen molar-refractivity contribution in [3.8, 4) is 5.82 Å². The Hall–Kier alpha value is -2.26. The van der Waals surface area contributed by atoms with Crippen LogP contribution in [0.15, 0.2) is 18.6 Å². The first-order valence-electron chi connectivity index (χ1n) is 8.19. The van der Waals surface area contributed by atoms with Gasteiger partial charge in [-0.1, -0.05) is 0 Å². The van der Waals surface area contributed by atoms with Crippen molar-refractivity contribution in [3.05, 3.63) is 24.4 Å². The molecule has 130 valence electrons. The molecule has 3 heterocycles. The van der Waals surface area contributed by atoms with E-state index in [1.807, 2.05) is 18.4 Å². The Balaban J connectivity index is 1.66. The lowest BCUT2D eigenvalue weighted by Gasteiger charge is -2.26. The van der Waals surface area contributed by atoms with Crippen LogP contribution in [-0.2, 0) is 11.2 Å². The Kier molecular flexibility index (Phi) is 5.21. The number of carbonyl (C=O) groups excluding carboxylic acids is 1. The zero-order valence-electron chi connectivity index (χ0n) is 14.1. The Morgan fingerprint density at radius 3 is 2.92 bits per heavy atom. The highest BCUT2D eigenvalue weighted by Crippen LogP contribution is 2.08. The Labute approximate surface area is 140 Å². The van der Waals surface area contributed by atoms with E-state index in [0.29, 0.717) is 5.82 Å². The van der Waals surface area contributed by atoms with E-state index in [4.69, 9.17) is 4.74 Å². The van der Waals surface area contributed by atoms with Gasteiger partial charge in [-0.3, -0.25) is 9.47 Å². The molecular weight excluding hydrogens is 310 g/mol. The van der Waals surface area contributed by atoms with E-state index in [-0.39, 0.29) is 12.1 Å². The summed E-state index contributed by atoms with van der Waals surface area (Å²) in [7, 11) is 0. The second-order valence-electron chi connectivity index (χ2n) is 6.04. The Bertz CT molecular complexity index is 673. The van der Waals surface area contributed by atoms with E-state index in [9.17, 15) is 4.79 Å². The summed E-state index contributed by atoms with van der Waals surface area (Å²) in [6.07, 6.45) is 4.03. The Morgan fingerprint density at radius 1 is 1.38 bits per heavy atom. The minimum atomic E-state index is -0.251. The molecule has 1 fully saturated rings. The molecule has 9 nitrogen and oxygen atoms in total. The van der Waals surface area contributed by atoms with Gasteiger partial charge in [0, 0.05) is 44.4 Å². The molecule has 0 bridgehead atoms. The molecule has 0 unspecified atom stereocenters. The molecule has 2 aromatic rings. The topological polar surface area (TPSA) is 90.1 Å². The van der Waals surface area contributed by atoms with Gasteiger partial charge in [-0.05, 0) is 13.8 Å².